The van der Waals surface area contributed by atoms with Crippen molar-refractivity contribution >= 4 is 5.78 Å². The Bertz CT molecular complexity index is 206. The highest BCUT2D eigenvalue weighted by molar-refractivity contribution is 5.93. The van der Waals surface area contributed by atoms with Gasteiger partial charge in [0.2, 0.25) is 0 Å². The van der Waals surface area contributed by atoms with E-state index in [1.54, 1.807) is 6.92 Å². The molecule has 0 aliphatic carbocycles. The molecule has 0 aromatic heterocycles. The molecule has 1 aromatic rings. The van der Waals surface area contributed by atoms with E-state index in [0.717, 1.165) is 5.56 Å². The lowest BCUT2D eigenvalue weighted by Gasteiger charge is -1.89. The van der Waals surface area contributed by atoms with Gasteiger partial charge in [0.15, 0.2) is 5.78 Å². The van der Waals surface area contributed by atoms with Crippen LogP contribution in [0.25, 0.3) is 0 Å². The largest absolute Gasteiger partial charge is 1.00 e. The van der Waals surface area contributed by atoms with E-state index in [-0.39, 0.29) is 22.8 Å². The third-order valence-corrected chi connectivity index (χ3v) is 1.18. The summed E-state index contributed by atoms with van der Waals surface area (Å²) in [6.07, 6.45) is 0. The fraction of sp³-hybridized carbons (Fsp3) is 0.125. The molecule has 0 bridgehead atoms. The summed E-state index contributed by atoms with van der Waals surface area (Å²) in [6.45, 7) is 1.56. The molecule has 0 heterocycles. The van der Waals surface area contributed by atoms with Gasteiger partial charge in [-0.1, -0.05) is 30.3 Å². The maximum Gasteiger partial charge on any atom is 0.159 e. The van der Waals surface area contributed by atoms with Gasteiger partial charge in [-0.15, -0.1) is 0 Å². The quantitative estimate of drug-likeness (QED) is 0.525. The number of ketones is 1. The molecule has 10 heavy (non-hydrogen) atoms. The van der Waals surface area contributed by atoms with E-state index >= 15 is 0 Å². The zero-order chi connectivity index (χ0) is 6.69. The predicted octanol–water partition coefficient (Wildman–Crippen LogP) is -1.11. The molecule has 2 heteroatoms. The van der Waals surface area contributed by atoms with Crippen molar-refractivity contribution in [3.05, 3.63) is 35.9 Å². The van der Waals surface area contributed by atoms with Crippen molar-refractivity contribution in [1.82, 2.24) is 0 Å². The smallest absolute Gasteiger partial charge is 0.159 e. The normalized spacial score (nSPS) is 8.10. The van der Waals surface area contributed by atoms with Crippen LogP contribution in [0.4, 0.5) is 0 Å². The zero-order valence-electron chi connectivity index (χ0n) is 5.67. The number of hydrogen-bond acceptors (Lipinski definition) is 1. The van der Waals surface area contributed by atoms with Crippen LogP contribution in [-0.2, 0) is 0 Å². The Morgan fingerprint density at radius 3 is 2.00 bits per heavy atom. The third kappa shape index (κ3) is 2.31. The Morgan fingerprint density at radius 1 is 1.20 bits per heavy atom. The molecule has 0 N–H and O–H groups in total. The molecular formula is C8H8BrO-. The highest BCUT2D eigenvalue weighted by Crippen LogP contribution is 1.97. The topological polar surface area (TPSA) is 17.1 Å². The van der Waals surface area contributed by atoms with Crippen LogP contribution in [0.3, 0.4) is 0 Å². The molecule has 0 atom stereocenters. The molecule has 1 rings (SSSR count). The number of carbonyl (C=O) groups excluding carboxylic acids is 1. The Morgan fingerprint density at radius 2 is 1.70 bits per heavy atom. The summed E-state index contributed by atoms with van der Waals surface area (Å²) in [4.78, 5) is 10.6. The molecular weight excluding hydrogens is 192 g/mol. The van der Waals surface area contributed by atoms with Gasteiger partial charge in [-0.3, -0.25) is 4.79 Å². The van der Waals surface area contributed by atoms with Crippen LogP contribution in [-0.4, -0.2) is 5.78 Å². The van der Waals surface area contributed by atoms with E-state index in [1.165, 1.54) is 0 Å². The van der Waals surface area contributed by atoms with Gasteiger partial charge in [-0.25, -0.2) is 0 Å². The van der Waals surface area contributed by atoms with Crippen LogP contribution < -0.4 is 17.0 Å². The monoisotopic (exact) mass is 199 g/mol. The minimum atomic E-state index is 0. The summed E-state index contributed by atoms with van der Waals surface area (Å²) in [6, 6.07) is 9.23. The highest BCUT2D eigenvalue weighted by atomic mass is 79.9. The SMILES string of the molecule is CC(=O)c1ccccc1.[Br-]. The van der Waals surface area contributed by atoms with Gasteiger partial charge < -0.3 is 17.0 Å². The molecule has 0 radical (unpaired) electrons. The number of carbonyl (C=O) groups is 1. The zero-order valence-corrected chi connectivity index (χ0v) is 7.26. The van der Waals surface area contributed by atoms with E-state index in [0.29, 0.717) is 0 Å². The fourth-order valence-electron chi connectivity index (χ4n) is 0.673. The van der Waals surface area contributed by atoms with Crippen LogP contribution in [0.2, 0.25) is 0 Å². The summed E-state index contributed by atoms with van der Waals surface area (Å²) in [5.41, 5.74) is 0.775. The standard InChI is InChI=1S/C8H8O.BrH/c1-7(9)8-5-3-2-4-6-8;/h2-6H,1H3;1H/p-1. The van der Waals surface area contributed by atoms with E-state index in [2.05, 4.69) is 0 Å². The lowest BCUT2D eigenvalue weighted by atomic mass is 10.2. The molecule has 54 valence electrons. The minimum absolute atomic E-state index is 0. The molecule has 1 nitrogen and oxygen atoms in total. The number of benzene rings is 1. The summed E-state index contributed by atoms with van der Waals surface area (Å²) in [5, 5.41) is 0. The maximum atomic E-state index is 10.6. The van der Waals surface area contributed by atoms with Crippen molar-refractivity contribution in [2.45, 2.75) is 6.92 Å². The van der Waals surface area contributed by atoms with Crippen molar-refractivity contribution in [1.29, 1.82) is 0 Å². The fourth-order valence-corrected chi connectivity index (χ4v) is 0.673. The molecule has 0 fully saturated rings. The molecule has 0 saturated carbocycles. The van der Waals surface area contributed by atoms with Crippen molar-refractivity contribution < 1.29 is 21.8 Å². The predicted molar refractivity (Wildman–Crippen MR) is 36.4 cm³/mol. The number of rotatable bonds is 1. The average molecular weight is 200 g/mol. The van der Waals surface area contributed by atoms with Gasteiger partial charge >= 0.3 is 0 Å². The first-order valence-electron chi connectivity index (χ1n) is 2.86. The lowest BCUT2D eigenvalue weighted by molar-refractivity contribution is -0.00000989. The van der Waals surface area contributed by atoms with Crippen molar-refractivity contribution in [2.24, 2.45) is 0 Å². The minimum Gasteiger partial charge on any atom is -1.00 e. The van der Waals surface area contributed by atoms with Gasteiger partial charge in [0.05, 0.1) is 0 Å². The van der Waals surface area contributed by atoms with E-state index in [4.69, 9.17) is 0 Å². The first kappa shape index (κ1) is 9.37. The highest BCUT2D eigenvalue weighted by Gasteiger charge is 1.92. The van der Waals surface area contributed by atoms with Crippen LogP contribution in [0.1, 0.15) is 17.3 Å². The number of Topliss-reactive ketones (excluding diaryl/α,β-unsaturated/α-hetero) is 1. The molecule has 0 aliphatic rings. The molecule has 0 unspecified atom stereocenters. The second-order valence-electron chi connectivity index (χ2n) is 1.92. The van der Waals surface area contributed by atoms with Crippen LogP contribution in [0.5, 0.6) is 0 Å². The Labute approximate surface area is 70.8 Å². The average Bonchev–Trinajstić information content (AvgIpc) is 1.90. The summed E-state index contributed by atoms with van der Waals surface area (Å²) >= 11 is 0. The van der Waals surface area contributed by atoms with Gasteiger partial charge in [-0.05, 0) is 6.92 Å². The van der Waals surface area contributed by atoms with Gasteiger partial charge in [-0.2, -0.15) is 0 Å². The van der Waals surface area contributed by atoms with Crippen molar-refractivity contribution in [2.75, 3.05) is 0 Å². The molecule has 0 spiro atoms. The Balaban J connectivity index is 0.000000810. The molecule has 1 aromatic carbocycles. The first-order chi connectivity index (χ1) is 4.30. The summed E-state index contributed by atoms with van der Waals surface area (Å²) in [5.74, 6) is 0.121. The van der Waals surface area contributed by atoms with Crippen LogP contribution in [0, 0.1) is 0 Å². The first-order valence-corrected chi connectivity index (χ1v) is 2.86. The van der Waals surface area contributed by atoms with Crippen LogP contribution in [0.15, 0.2) is 30.3 Å². The van der Waals surface area contributed by atoms with Gasteiger partial charge in [0.1, 0.15) is 0 Å². The van der Waals surface area contributed by atoms with E-state index in [9.17, 15) is 4.79 Å². The summed E-state index contributed by atoms with van der Waals surface area (Å²) < 4.78 is 0. The Hall–Kier alpha value is -0.630. The summed E-state index contributed by atoms with van der Waals surface area (Å²) in [7, 11) is 0. The molecule has 0 aliphatic heterocycles. The Kier molecular flexibility index (Phi) is 3.96. The van der Waals surface area contributed by atoms with E-state index < -0.39 is 0 Å². The molecule has 0 saturated heterocycles. The second kappa shape index (κ2) is 4.23. The van der Waals surface area contributed by atoms with Crippen molar-refractivity contribution in [3.63, 3.8) is 0 Å². The van der Waals surface area contributed by atoms with Gasteiger partial charge in [0, 0.05) is 5.56 Å². The van der Waals surface area contributed by atoms with Crippen molar-refractivity contribution in [3.8, 4) is 0 Å². The number of hydrogen-bond donors (Lipinski definition) is 0. The number of halogens is 1. The lowest BCUT2D eigenvalue weighted by Crippen LogP contribution is -3.00. The van der Waals surface area contributed by atoms with E-state index in [1.807, 2.05) is 30.3 Å². The van der Waals surface area contributed by atoms with Crippen LogP contribution >= 0.6 is 0 Å². The van der Waals surface area contributed by atoms with Gasteiger partial charge in [0.25, 0.3) is 0 Å². The maximum absolute atomic E-state index is 10.6. The second-order valence-corrected chi connectivity index (χ2v) is 1.92. The molecule has 0 amide bonds. The third-order valence-electron chi connectivity index (χ3n) is 1.18.